The molecule has 0 radical (unpaired) electrons. The molecule has 0 spiro atoms. The van der Waals surface area contributed by atoms with Crippen LogP contribution >= 0.6 is 0 Å². The highest BCUT2D eigenvalue weighted by Gasteiger charge is 2.29. The molecule has 0 aliphatic heterocycles. The number of esters is 1. The maximum Gasteiger partial charge on any atom is 0.306 e. The summed E-state index contributed by atoms with van der Waals surface area (Å²) in [5.74, 6) is -0.494. The highest BCUT2D eigenvalue weighted by Crippen LogP contribution is 2.35. The molecule has 1 aromatic carbocycles. The van der Waals surface area contributed by atoms with Crippen molar-refractivity contribution >= 4 is 5.97 Å². The number of furan rings is 1. The van der Waals surface area contributed by atoms with Gasteiger partial charge in [-0.05, 0) is 25.1 Å². The number of rotatable bonds is 8. The van der Waals surface area contributed by atoms with E-state index in [2.05, 4.69) is 9.97 Å². The Balaban J connectivity index is 1.76. The Labute approximate surface area is 190 Å². The van der Waals surface area contributed by atoms with E-state index in [-0.39, 0.29) is 23.3 Å². The Kier molecular flexibility index (Phi) is 6.44. The van der Waals surface area contributed by atoms with Gasteiger partial charge in [-0.2, -0.15) is 0 Å². The van der Waals surface area contributed by atoms with Crippen molar-refractivity contribution in [1.29, 1.82) is 0 Å². The van der Waals surface area contributed by atoms with E-state index in [1.807, 2.05) is 30.3 Å². The third kappa shape index (κ3) is 4.74. The molecule has 8 heteroatoms. The van der Waals surface area contributed by atoms with Gasteiger partial charge in [-0.15, -0.1) is 0 Å². The highest BCUT2D eigenvalue weighted by atomic mass is 16.5. The molecule has 0 aliphatic carbocycles. The first-order valence-corrected chi connectivity index (χ1v) is 10.6. The van der Waals surface area contributed by atoms with Crippen LogP contribution in [-0.4, -0.2) is 32.7 Å². The number of hydrogen-bond donors (Lipinski definition) is 2. The number of aromatic hydroxyl groups is 1. The number of aryl methyl sites for hydroxylation is 2. The van der Waals surface area contributed by atoms with Crippen molar-refractivity contribution < 1.29 is 19.1 Å². The minimum Gasteiger partial charge on any atom is -0.507 e. The molecule has 0 fully saturated rings. The van der Waals surface area contributed by atoms with Crippen LogP contribution in [0.25, 0.3) is 11.3 Å². The molecule has 3 aromatic heterocycles. The SMILES string of the molecule is COC(=O)C[C@@H](c1ccc(-c2ccccc2)o1)c1c(O)cc(C)n(CCc2cnc[nH]2)c1=O. The van der Waals surface area contributed by atoms with Crippen molar-refractivity contribution in [3.63, 3.8) is 0 Å². The molecule has 0 saturated carbocycles. The van der Waals surface area contributed by atoms with E-state index in [4.69, 9.17) is 9.15 Å². The van der Waals surface area contributed by atoms with Crippen molar-refractivity contribution in [3.8, 4) is 17.1 Å². The van der Waals surface area contributed by atoms with Crippen LogP contribution in [0.3, 0.4) is 0 Å². The van der Waals surface area contributed by atoms with Crippen LogP contribution < -0.4 is 5.56 Å². The Morgan fingerprint density at radius 3 is 2.73 bits per heavy atom. The lowest BCUT2D eigenvalue weighted by Gasteiger charge is -2.18. The number of aromatic nitrogens is 3. The first kappa shape index (κ1) is 22.1. The second-order valence-electron chi connectivity index (χ2n) is 7.77. The van der Waals surface area contributed by atoms with Crippen molar-refractivity contribution in [2.24, 2.45) is 0 Å². The molecule has 0 saturated heterocycles. The second-order valence-corrected chi connectivity index (χ2v) is 7.77. The molecule has 3 heterocycles. The molecule has 8 nitrogen and oxygen atoms in total. The number of nitrogens with one attached hydrogen (secondary N) is 1. The molecule has 0 unspecified atom stereocenters. The van der Waals surface area contributed by atoms with Gasteiger partial charge in [-0.1, -0.05) is 30.3 Å². The molecule has 0 bridgehead atoms. The van der Waals surface area contributed by atoms with E-state index in [9.17, 15) is 14.7 Å². The molecular formula is C25H25N3O5. The maximum absolute atomic E-state index is 13.5. The number of pyridine rings is 1. The number of carbonyl (C=O) groups excluding carboxylic acids is 1. The fraction of sp³-hybridized carbons (Fsp3) is 0.240. The summed E-state index contributed by atoms with van der Waals surface area (Å²) >= 11 is 0. The largest absolute Gasteiger partial charge is 0.507 e. The van der Waals surface area contributed by atoms with E-state index in [0.29, 0.717) is 30.2 Å². The monoisotopic (exact) mass is 447 g/mol. The minimum absolute atomic E-state index is 0.101. The van der Waals surface area contributed by atoms with Gasteiger partial charge in [0, 0.05) is 36.1 Å². The zero-order valence-electron chi connectivity index (χ0n) is 18.4. The fourth-order valence-corrected chi connectivity index (χ4v) is 3.92. The molecular weight excluding hydrogens is 422 g/mol. The van der Waals surface area contributed by atoms with Gasteiger partial charge in [0.25, 0.3) is 5.56 Å². The average Bonchev–Trinajstić information content (AvgIpc) is 3.51. The number of nitrogens with zero attached hydrogens (tertiary/aromatic N) is 2. The summed E-state index contributed by atoms with van der Waals surface area (Å²) in [5, 5.41) is 10.8. The zero-order valence-corrected chi connectivity index (χ0v) is 18.4. The third-order valence-corrected chi connectivity index (χ3v) is 5.66. The number of ether oxygens (including phenoxy) is 1. The van der Waals surface area contributed by atoms with Crippen molar-refractivity contribution in [2.75, 3.05) is 7.11 Å². The Morgan fingerprint density at radius 2 is 2.03 bits per heavy atom. The van der Waals surface area contributed by atoms with Gasteiger partial charge in [0.1, 0.15) is 17.3 Å². The van der Waals surface area contributed by atoms with E-state index >= 15 is 0 Å². The summed E-state index contributed by atoms with van der Waals surface area (Å²) in [7, 11) is 1.29. The summed E-state index contributed by atoms with van der Waals surface area (Å²) in [5.41, 5.74) is 2.09. The summed E-state index contributed by atoms with van der Waals surface area (Å²) in [6.45, 7) is 2.14. The topological polar surface area (TPSA) is 110 Å². The van der Waals surface area contributed by atoms with Gasteiger partial charge in [-0.25, -0.2) is 4.98 Å². The van der Waals surface area contributed by atoms with Crippen molar-refractivity contribution in [3.05, 3.63) is 94.1 Å². The van der Waals surface area contributed by atoms with Crippen molar-refractivity contribution in [1.82, 2.24) is 14.5 Å². The van der Waals surface area contributed by atoms with Crippen LogP contribution in [0.2, 0.25) is 0 Å². The molecule has 2 N–H and O–H groups in total. The molecule has 170 valence electrons. The number of aromatic amines is 1. The molecule has 4 rings (SSSR count). The van der Waals surface area contributed by atoms with E-state index in [1.54, 1.807) is 36.1 Å². The Hall–Kier alpha value is -4.07. The quantitative estimate of drug-likeness (QED) is 0.398. The van der Waals surface area contributed by atoms with Gasteiger partial charge in [-0.3, -0.25) is 9.59 Å². The Morgan fingerprint density at radius 1 is 1.24 bits per heavy atom. The average molecular weight is 447 g/mol. The molecule has 0 aliphatic rings. The van der Waals surface area contributed by atoms with Crippen LogP contribution in [0.5, 0.6) is 5.75 Å². The van der Waals surface area contributed by atoms with Gasteiger partial charge < -0.3 is 23.8 Å². The maximum atomic E-state index is 13.5. The molecule has 0 amide bonds. The van der Waals surface area contributed by atoms with Gasteiger partial charge in [0.15, 0.2) is 0 Å². The first-order chi connectivity index (χ1) is 16.0. The highest BCUT2D eigenvalue weighted by molar-refractivity contribution is 5.71. The number of benzene rings is 1. The standard InChI is InChI=1S/C25H25N3O5/c1-16-12-20(29)24(25(31)28(16)11-10-18-14-26-15-27-18)19(13-23(30)32-2)22-9-8-21(33-22)17-6-4-3-5-7-17/h3-9,12,14-15,19,29H,10-11,13H2,1-2H3,(H,26,27)/t19-/m0/s1. The Bertz CT molecular complexity index is 1290. The number of imidazole rings is 1. The van der Waals surface area contributed by atoms with Crippen LogP contribution in [0.4, 0.5) is 0 Å². The number of carbonyl (C=O) groups is 1. The molecule has 4 aromatic rings. The molecule has 33 heavy (non-hydrogen) atoms. The first-order valence-electron chi connectivity index (χ1n) is 10.6. The normalized spacial score (nSPS) is 11.9. The predicted molar refractivity (Wildman–Crippen MR) is 122 cm³/mol. The molecule has 1 atom stereocenters. The summed E-state index contributed by atoms with van der Waals surface area (Å²) in [6, 6.07) is 14.6. The lowest BCUT2D eigenvalue weighted by atomic mass is 9.93. The zero-order chi connectivity index (χ0) is 23.4. The van der Waals surface area contributed by atoms with E-state index in [0.717, 1.165) is 11.3 Å². The fourth-order valence-electron chi connectivity index (χ4n) is 3.92. The number of hydrogen-bond acceptors (Lipinski definition) is 6. The lowest BCUT2D eigenvalue weighted by Crippen LogP contribution is -2.29. The number of H-pyrrole nitrogens is 1. The predicted octanol–water partition coefficient (Wildman–Crippen LogP) is 3.78. The van der Waals surface area contributed by atoms with Crippen LogP contribution in [0.1, 0.15) is 35.1 Å². The van der Waals surface area contributed by atoms with Gasteiger partial charge in [0.05, 0.1) is 31.3 Å². The summed E-state index contributed by atoms with van der Waals surface area (Å²) in [4.78, 5) is 32.8. The van der Waals surface area contributed by atoms with Gasteiger partial charge >= 0.3 is 5.97 Å². The van der Waals surface area contributed by atoms with Crippen molar-refractivity contribution in [2.45, 2.75) is 32.2 Å². The van der Waals surface area contributed by atoms with Crippen LogP contribution in [0, 0.1) is 6.92 Å². The summed E-state index contributed by atoms with van der Waals surface area (Å²) < 4.78 is 12.5. The lowest BCUT2D eigenvalue weighted by molar-refractivity contribution is -0.140. The van der Waals surface area contributed by atoms with Crippen LogP contribution in [-0.2, 0) is 22.5 Å². The van der Waals surface area contributed by atoms with E-state index in [1.165, 1.54) is 13.2 Å². The van der Waals surface area contributed by atoms with E-state index < -0.39 is 11.9 Å². The third-order valence-electron chi connectivity index (χ3n) is 5.66. The number of methoxy groups -OCH3 is 1. The minimum atomic E-state index is -0.804. The van der Waals surface area contributed by atoms with Crippen LogP contribution in [0.15, 0.2) is 70.3 Å². The second kappa shape index (κ2) is 9.60. The van der Waals surface area contributed by atoms with Gasteiger partial charge in [0.2, 0.25) is 0 Å². The smallest absolute Gasteiger partial charge is 0.306 e. The summed E-state index contributed by atoms with van der Waals surface area (Å²) in [6.07, 6.45) is 3.70.